The third-order valence-electron chi connectivity index (χ3n) is 3.62. The van der Waals surface area contributed by atoms with Crippen LogP contribution < -0.4 is 0 Å². The van der Waals surface area contributed by atoms with Crippen LogP contribution in [0.15, 0.2) is 18.2 Å². The Balaban J connectivity index is 2.40. The van der Waals surface area contributed by atoms with Crippen LogP contribution in [0.1, 0.15) is 35.0 Å². The number of aliphatic hydroxyl groups is 1. The zero-order chi connectivity index (χ0) is 15.1. The quantitative estimate of drug-likeness (QED) is 0.941. The molecule has 0 spiro atoms. The molecular weight excluding hydrogens is 272 g/mol. The second-order valence-corrected chi connectivity index (χ2v) is 6.17. The van der Waals surface area contributed by atoms with Crippen LogP contribution in [0.4, 0.5) is 0 Å². The van der Waals surface area contributed by atoms with E-state index in [9.17, 15) is 5.11 Å². The highest BCUT2D eigenvalue weighted by molar-refractivity contribution is 6.31. The molecule has 1 atom stereocenters. The van der Waals surface area contributed by atoms with Crippen molar-refractivity contribution in [2.45, 2.75) is 39.7 Å². The number of rotatable bonds is 3. The molecule has 3 nitrogen and oxygen atoms in total. The second-order valence-electron chi connectivity index (χ2n) is 5.80. The third-order valence-corrected chi connectivity index (χ3v) is 4.11. The Kier molecular flexibility index (Phi) is 3.94. The summed E-state index contributed by atoms with van der Waals surface area (Å²) in [6, 6.07) is 6.13. The minimum Gasteiger partial charge on any atom is -0.385 e. The Hall–Kier alpha value is -1.32. The summed E-state index contributed by atoms with van der Waals surface area (Å²) >= 11 is 6.28. The van der Waals surface area contributed by atoms with Crippen LogP contribution >= 0.6 is 11.6 Å². The lowest BCUT2D eigenvalue weighted by Gasteiger charge is -2.25. The Morgan fingerprint density at radius 1 is 1.20 bits per heavy atom. The van der Waals surface area contributed by atoms with Gasteiger partial charge in [-0.05, 0) is 33.3 Å². The van der Waals surface area contributed by atoms with Gasteiger partial charge in [0.05, 0.1) is 22.0 Å². The molecule has 0 radical (unpaired) electrons. The molecule has 0 saturated heterocycles. The van der Waals surface area contributed by atoms with Gasteiger partial charge in [-0.25, -0.2) is 0 Å². The smallest absolute Gasteiger partial charge is 0.0924 e. The van der Waals surface area contributed by atoms with Gasteiger partial charge in [-0.15, -0.1) is 0 Å². The van der Waals surface area contributed by atoms with Gasteiger partial charge >= 0.3 is 0 Å². The van der Waals surface area contributed by atoms with Crippen LogP contribution in [0.2, 0.25) is 5.02 Å². The van der Waals surface area contributed by atoms with Crippen molar-refractivity contribution in [3.8, 4) is 0 Å². The Morgan fingerprint density at radius 2 is 1.75 bits per heavy atom. The monoisotopic (exact) mass is 292 g/mol. The van der Waals surface area contributed by atoms with E-state index in [2.05, 4.69) is 11.2 Å². The van der Waals surface area contributed by atoms with Crippen LogP contribution in [0.3, 0.4) is 0 Å². The molecule has 1 heterocycles. The van der Waals surface area contributed by atoms with Crippen molar-refractivity contribution in [1.29, 1.82) is 0 Å². The van der Waals surface area contributed by atoms with Gasteiger partial charge in [-0.3, -0.25) is 4.68 Å². The molecule has 2 rings (SSSR count). The molecule has 0 fully saturated rings. The number of hydrogen-bond donors (Lipinski definition) is 1. The van der Waals surface area contributed by atoms with Gasteiger partial charge in [0.2, 0.25) is 0 Å². The highest BCUT2D eigenvalue weighted by atomic mass is 35.5. The van der Waals surface area contributed by atoms with Crippen LogP contribution in [0.25, 0.3) is 0 Å². The van der Waals surface area contributed by atoms with Crippen molar-refractivity contribution in [3.63, 3.8) is 0 Å². The van der Waals surface area contributed by atoms with Gasteiger partial charge in [0.1, 0.15) is 0 Å². The van der Waals surface area contributed by atoms with E-state index in [1.807, 2.05) is 46.9 Å². The van der Waals surface area contributed by atoms with Crippen LogP contribution in [0.5, 0.6) is 0 Å². The van der Waals surface area contributed by atoms with Crippen molar-refractivity contribution < 1.29 is 5.11 Å². The van der Waals surface area contributed by atoms with Gasteiger partial charge in [-0.1, -0.05) is 40.9 Å². The first kappa shape index (κ1) is 15.1. The minimum atomic E-state index is -0.972. The topological polar surface area (TPSA) is 38.1 Å². The fourth-order valence-corrected chi connectivity index (χ4v) is 2.81. The lowest BCUT2D eigenvalue weighted by atomic mass is 9.89. The summed E-state index contributed by atoms with van der Waals surface area (Å²) in [7, 11) is 1.85. The average Bonchev–Trinajstić information content (AvgIpc) is 2.54. The van der Waals surface area contributed by atoms with Crippen molar-refractivity contribution in [1.82, 2.24) is 9.78 Å². The summed E-state index contributed by atoms with van der Waals surface area (Å²) < 4.78 is 1.74. The number of aromatic nitrogens is 2. The van der Waals surface area contributed by atoms with E-state index in [4.69, 9.17) is 11.6 Å². The molecule has 0 bridgehead atoms. The summed E-state index contributed by atoms with van der Waals surface area (Å²) in [5, 5.41) is 15.8. The van der Waals surface area contributed by atoms with Gasteiger partial charge in [0, 0.05) is 13.5 Å². The summed E-state index contributed by atoms with van der Waals surface area (Å²) in [4.78, 5) is 0. The van der Waals surface area contributed by atoms with E-state index in [-0.39, 0.29) is 0 Å². The van der Waals surface area contributed by atoms with E-state index in [0.29, 0.717) is 11.4 Å². The van der Waals surface area contributed by atoms with Crippen molar-refractivity contribution >= 4 is 11.6 Å². The molecule has 0 aliphatic heterocycles. The first-order chi connectivity index (χ1) is 9.20. The van der Waals surface area contributed by atoms with Crippen LogP contribution in [-0.2, 0) is 19.1 Å². The predicted molar refractivity (Wildman–Crippen MR) is 82.1 cm³/mol. The van der Waals surface area contributed by atoms with Crippen LogP contribution in [0, 0.1) is 20.8 Å². The summed E-state index contributed by atoms with van der Waals surface area (Å²) in [5.41, 5.74) is 3.87. The average molecular weight is 293 g/mol. The Labute approximate surface area is 125 Å². The maximum absolute atomic E-state index is 10.8. The van der Waals surface area contributed by atoms with E-state index in [1.54, 1.807) is 4.68 Å². The fraction of sp³-hybridized carbons (Fsp3) is 0.438. The Morgan fingerprint density at radius 3 is 2.20 bits per heavy atom. The lowest BCUT2D eigenvalue weighted by Crippen LogP contribution is -2.26. The first-order valence-electron chi connectivity index (χ1n) is 6.70. The molecule has 0 amide bonds. The van der Waals surface area contributed by atoms with E-state index in [0.717, 1.165) is 28.1 Å². The number of nitrogens with zero attached hydrogens (tertiary/aromatic N) is 2. The highest BCUT2D eigenvalue weighted by Crippen LogP contribution is 2.30. The van der Waals surface area contributed by atoms with E-state index < -0.39 is 5.60 Å². The largest absolute Gasteiger partial charge is 0.385 e. The van der Waals surface area contributed by atoms with Gasteiger partial charge in [-0.2, -0.15) is 5.10 Å². The van der Waals surface area contributed by atoms with E-state index >= 15 is 0 Å². The SMILES string of the molecule is Cc1cc(C)cc(C(C)(O)Cc2c(Cl)c(C)nn2C)c1. The van der Waals surface area contributed by atoms with Crippen molar-refractivity contribution in [2.24, 2.45) is 7.05 Å². The number of hydrogen-bond acceptors (Lipinski definition) is 2. The summed E-state index contributed by atoms with van der Waals surface area (Å²) in [6.45, 7) is 7.76. The second kappa shape index (κ2) is 5.23. The molecule has 0 saturated carbocycles. The van der Waals surface area contributed by atoms with Crippen molar-refractivity contribution in [2.75, 3.05) is 0 Å². The van der Waals surface area contributed by atoms with Crippen LogP contribution in [-0.4, -0.2) is 14.9 Å². The molecule has 1 unspecified atom stereocenters. The van der Waals surface area contributed by atoms with E-state index in [1.165, 1.54) is 0 Å². The molecule has 1 N–H and O–H groups in total. The molecule has 108 valence electrons. The predicted octanol–water partition coefficient (Wildman–Crippen LogP) is 3.45. The van der Waals surface area contributed by atoms with Gasteiger partial charge < -0.3 is 5.11 Å². The Bertz CT molecular complexity index is 624. The molecule has 0 aliphatic rings. The summed E-state index contributed by atoms with van der Waals surface area (Å²) in [5.74, 6) is 0. The summed E-state index contributed by atoms with van der Waals surface area (Å²) in [6.07, 6.45) is 0.437. The molecular formula is C16H21ClN2O. The molecule has 0 aliphatic carbocycles. The maximum atomic E-state index is 10.8. The standard InChI is InChI=1S/C16H21ClN2O/c1-10-6-11(2)8-13(7-10)16(4,20)9-14-15(17)12(3)18-19(14)5/h6-8,20H,9H2,1-5H3. The first-order valence-corrected chi connectivity index (χ1v) is 7.07. The lowest BCUT2D eigenvalue weighted by molar-refractivity contribution is 0.0555. The van der Waals surface area contributed by atoms with Crippen molar-refractivity contribution in [3.05, 3.63) is 51.3 Å². The van der Waals surface area contributed by atoms with Gasteiger partial charge in [0.15, 0.2) is 0 Å². The molecule has 2 aromatic rings. The van der Waals surface area contributed by atoms with Gasteiger partial charge in [0.25, 0.3) is 0 Å². The molecule has 1 aromatic carbocycles. The molecule has 1 aromatic heterocycles. The number of halogens is 1. The normalized spacial score (nSPS) is 14.3. The molecule has 20 heavy (non-hydrogen) atoms. The zero-order valence-electron chi connectivity index (χ0n) is 12.7. The molecule has 4 heteroatoms. The maximum Gasteiger partial charge on any atom is 0.0924 e. The minimum absolute atomic E-state index is 0.437. The third kappa shape index (κ3) is 2.89. The number of aryl methyl sites for hydroxylation is 4. The highest BCUT2D eigenvalue weighted by Gasteiger charge is 2.27. The number of benzene rings is 1. The zero-order valence-corrected chi connectivity index (χ0v) is 13.4. The fourth-order valence-electron chi connectivity index (χ4n) is 2.59.